The number of anilines is 1. The van der Waals surface area contributed by atoms with Gasteiger partial charge in [0.25, 0.3) is 5.91 Å². The molecule has 3 aliphatic carbocycles. The molecule has 0 aromatic heterocycles. The number of rotatable bonds is 3. The molecule has 5 fully saturated rings. The van der Waals surface area contributed by atoms with Crippen molar-refractivity contribution >= 4 is 24.6 Å². The summed E-state index contributed by atoms with van der Waals surface area (Å²) in [5.74, 6) is 1.07. The average molecular weight is 410 g/mol. The molecule has 2 bridgehead atoms. The lowest BCUT2D eigenvalue weighted by atomic mass is 9.43. The molecule has 160 valence electrons. The Morgan fingerprint density at radius 2 is 1.90 bits per heavy atom. The van der Waals surface area contributed by atoms with Crippen LogP contribution in [0.5, 0.6) is 0 Å². The van der Waals surface area contributed by atoms with Crippen molar-refractivity contribution in [1.82, 2.24) is 4.90 Å². The number of likely N-dealkylation sites (tertiary alicyclic amines) is 1. The Balaban J connectivity index is 1.31. The van der Waals surface area contributed by atoms with Gasteiger partial charge in [-0.2, -0.15) is 0 Å². The maximum Gasteiger partial charge on any atom is 0.481 e. The molecule has 5 atom stereocenters. The summed E-state index contributed by atoms with van der Waals surface area (Å²) in [6.07, 6.45) is 4.28. The van der Waals surface area contributed by atoms with E-state index in [1.807, 2.05) is 4.90 Å². The van der Waals surface area contributed by atoms with E-state index >= 15 is 0 Å². The van der Waals surface area contributed by atoms with Gasteiger partial charge in [-0.1, -0.05) is 13.8 Å². The van der Waals surface area contributed by atoms with Crippen molar-refractivity contribution in [3.63, 3.8) is 0 Å². The molecule has 1 aromatic carbocycles. The van der Waals surface area contributed by atoms with E-state index in [0.29, 0.717) is 28.5 Å². The van der Waals surface area contributed by atoms with Crippen LogP contribution < -0.4 is 5.32 Å². The molecular weight excluding hydrogens is 379 g/mol. The van der Waals surface area contributed by atoms with Crippen LogP contribution in [-0.2, 0) is 14.1 Å². The Morgan fingerprint density at radius 1 is 1.17 bits per heavy atom. The van der Waals surface area contributed by atoms with Gasteiger partial charge < -0.3 is 19.5 Å². The van der Waals surface area contributed by atoms with Crippen LogP contribution in [0.4, 0.5) is 5.69 Å². The summed E-state index contributed by atoms with van der Waals surface area (Å²) < 4.78 is 13.1. The van der Waals surface area contributed by atoms with Gasteiger partial charge >= 0.3 is 7.12 Å². The van der Waals surface area contributed by atoms with Crippen molar-refractivity contribution in [3.8, 4) is 0 Å². The monoisotopic (exact) mass is 410 g/mol. The molecule has 1 aromatic rings. The van der Waals surface area contributed by atoms with Crippen molar-refractivity contribution < 1.29 is 18.9 Å². The number of hydrogen-bond donors (Lipinski definition) is 1. The first-order valence-electron chi connectivity index (χ1n) is 11.2. The lowest BCUT2D eigenvalue weighted by molar-refractivity contribution is -0.199. The Labute approximate surface area is 178 Å². The first kappa shape index (κ1) is 20.1. The molecule has 5 aliphatic rings. The van der Waals surface area contributed by atoms with Gasteiger partial charge in [0, 0.05) is 24.7 Å². The van der Waals surface area contributed by atoms with Crippen LogP contribution in [0.1, 0.15) is 63.7 Å². The molecule has 7 heteroatoms. The summed E-state index contributed by atoms with van der Waals surface area (Å²) in [7, 11) is -0.347. The third-order valence-electron chi connectivity index (χ3n) is 8.30. The average Bonchev–Trinajstić information content (AvgIpc) is 3.30. The van der Waals surface area contributed by atoms with Crippen molar-refractivity contribution in [1.29, 1.82) is 0 Å². The van der Waals surface area contributed by atoms with Crippen molar-refractivity contribution in [3.05, 3.63) is 29.8 Å². The van der Waals surface area contributed by atoms with E-state index < -0.39 is 0 Å². The highest BCUT2D eigenvalue weighted by Crippen LogP contribution is 2.65. The summed E-state index contributed by atoms with van der Waals surface area (Å²) in [5, 5.41) is 2.74. The minimum absolute atomic E-state index is 0.00345. The zero-order valence-electron chi connectivity index (χ0n) is 18.3. The second-order valence-electron chi connectivity index (χ2n) is 10.3. The van der Waals surface area contributed by atoms with Crippen molar-refractivity contribution in [2.24, 2.45) is 17.3 Å². The van der Waals surface area contributed by atoms with Crippen LogP contribution in [0.25, 0.3) is 0 Å². The molecule has 3 saturated carbocycles. The Morgan fingerprint density at radius 3 is 2.57 bits per heavy atom. The van der Waals surface area contributed by atoms with Crippen LogP contribution in [-0.4, -0.2) is 48.0 Å². The molecule has 0 radical (unpaired) electrons. The van der Waals surface area contributed by atoms with E-state index in [9.17, 15) is 9.59 Å². The van der Waals surface area contributed by atoms with Gasteiger partial charge in [0.05, 0.1) is 17.6 Å². The number of hydrogen-bond acceptors (Lipinski definition) is 4. The van der Waals surface area contributed by atoms with Gasteiger partial charge in [-0.05, 0) is 74.1 Å². The number of nitrogens with one attached hydrogen (secondary N) is 1. The predicted molar refractivity (Wildman–Crippen MR) is 115 cm³/mol. The first-order valence-corrected chi connectivity index (χ1v) is 11.2. The standard InChI is InChI=1S/C23H31BN2O4/c1-14(27)25-17-9-7-15(8-10-17)21(28)26-11-5-6-20(26)24-29-19-13-16-12-18(22(16,2)3)23(19,4)30-24/h7-10,16,18-20H,5-6,11-13H2,1-4H3,(H,25,27)/t16-,18-,19+,20-,23-/m0/s1. The highest BCUT2D eigenvalue weighted by Gasteiger charge is 2.69. The molecule has 2 saturated heterocycles. The van der Waals surface area contributed by atoms with Crippen LogP contribution in [0, 0.1) is 17.3 Å². The van der Waals surface area contributed by atoms with Crippen molar-refractivity contribution in [2.75, 3.05) is 11.9 Å². The molecule has 0 unspecified atom stereocenters. The number of amides is 2. The van der Waals surface area contributed by atoms with Gasteiger partial charge in [0.15, 0.2) is 0 Å². The van der Waals surface area contributed by atoms with E-state index in [2.05, 4.69) is 26.1 Å². The summed E-state index contributed by atoms with van der Waals surface area (Å²) in [6, 6.07) is 7.09. The topological polar surface area (TPSA) is 67.9 Å². The minimum Gasteiger partial charge on any atom is -0.404 e. The highest BCUT2D eigenvalue weighted by molar-refractivity contribution is 6.48. The maximum atomic E-state index is 13.2. The van der Waals surface area contributed by atoms with Crippen LogP contribution in [0.3, 0.4) is 0 Å². The lowest BCUT2D eigenvalue weighted by Crippen LogP contribution is -2.65. The van der Waals surface area contributed by atoms with E-state index in [1.165, 1.54) is 13.3 Å². The summed E-state index contributed by atoms with van der Waals surface area (Å²) in [4.78, 5) is 26.4. The van der Waals surface area contributed by atoms with Crippen molar-refractivity contribution in [2.45, 2.75) is 71.0 Å². The van der Waals surface area contributed by atoms with Gasteiger partial charge in [0.2, 0.25) is 5.91 Å². The van der Waals surface area contributed by atoms with Crippen LogP contribution in [0.2, 0.25) is 0 Å². The number of carbonyl (C=O) groups excluding carboxylic acids is 2. The third-order valence-corrected chi connectivity index (χ3v) is 8.30. The van der Waals surface area contributed by atoms with E-state index in [1.54, 1.807) is 24.3 Å². The normalized spacial score (nSPS) is 36.3. The second kappa shape index (κ2) is 6.82. The smallest absolute Gasteiger partial charge is 0.404 e. The Bertz CT molecular complexity index is 872. The fraction of sp³-hybridized carbons (Fsp3) is 0.652. The number of nitrogens with zero attached hydrogens (tertiary/aromatic N) is 1. The zero-order chi connectivity index (χ0) is 21.3. The third kappa shape index (κ3) is 2.93. The van der Waals surface area contributed by atoms with Crippen LogP contribution >= 0.6 is 0 Å². The first-order chi connectivity index (χ1) is 14.2. The number of benzene rings is 1. The minimum atomic E-state index is -0.347. The van der Waals surface area contributed by atoms with Gasteiger partial charge in [0.1, 0.15) is 0 Å². The zero-order valence-corrected chi connectivity index (χ0v) is 18.3. The predicted octanol–water partition coefficient (Wildman–Crippen LogP) is 3.52. The van der Waals surface area contributed by atoms with E-state index in [-0.39, 0.29) is 36.6 Å². The van der Waals surface area contributed by atoms with Gasteiger partial charge in [-0.15, -0.1) is 0 Å². The number of carbonyl (C=O) groups is 2. The quantitative estimate of drug-likeness (QED) is 0.775. The summed E-state index contributed by atoms with van der Waals surface area (Å²) >= 11 is 0. The highest BCUT2D eigenvalue weighted by atomic mass is 16.7. The molecular formula is C23H31BN2O4. The molecule has 0 spiro atoms. The summed E-state index contributed by atoms with van der Waals surface area (Å²) in [6.45, 7) is 9.14. The Hall–Kier alpha value is -1.86. The molecule has 6 nitrogen and oxygen atoms in total. The molecule has 30 heavy (non-hydrogen) atoms. The lowest BCUT2D eigenvalue weighted by Gasteiger charge is -2.64. The SMILES string of the molecule is CC(=O)Nc1ccc(C(=O)N2CCC[C@H]2B2O[C@@H]3C[C@@H]4C[C@@H](C4(C)C)[C@]3(C)O2)cc1. The fourth-order valence-corrected chi connectivity index (χ4v) is 6.46. The fourth-order valence-electron chi connectivity index (χ4n) is 6.46. The molecule has 2 heterocycles. The van der Waals surface area contributed by atoms with Crippen LogP contribution in [0.15, 0.2) is 24.3 Å². The van der Waals surface area contributed by atoms with E-state index in [4.69, 9.17) is 9.31 Å². The summed E-state index contributed by atoms with van der Waals surface area (Å²) in [5.41, 5.74) is 1.38. The molecule has 6 rings (SSSR count). The van der Waals surface area contributed by atoms with Gasteiger partial charge in [-0.3, -0.25) is 9.59 Å². The van der Waals surface area contributed by atoms with Gasteiger partial charge in [-0.25, -0.2) is 0 Å². The Kier molecular flexibility index (Phi) is 4.57. The second-order valence-corrected chi connectivity index (χ2v) is 10.3. The van der Waals surface area contributed by atoms with E-state index in [0.717, 1.165) is 25.8 Å². The molecule has 1 N–H and O–H groups in total. The molecule has 2 amide bonds. The maximum absolute atomic E-state index is 13.2. The molecule has 2 aliphatic heterocycles. The largest absolute Gasteiger partial charge is 0.481 e.